The molecule has 0 saturated carbocycles. The van der Waals surface area contributed by atoms with Gasteiger partial charge in [-0.05, 0) is 37.1 Å². The number of amides is 1. The highest BCUT2D eigenvalue weighted by Crippen LogP contribution is 2.15. The lowest BCUT2D eigenvalue weighted by Crippen LogP contribution is -2.30. The van der Waals surface area contributed by atoms with Gasteiger partial charge in [-0.15, -0.1) is 0 Å². The average molecular weight is 329 g/mol. The van der Waals surface area contributed by atoms with Gasteiger partial charge in [-0.3, -0.25) is 4.79 Å². The van der Waals surface area contributed by atoms with Gasteiger partial charge in [0.05, 0.1) is 0 Å². The molecule has 0 saturated heterocycles. The Labute approximate surface area is 142 Å². The van der Waals surface area contributed by atoms with Crippen molar-refractivity contribution in [1.29, 1.82) is 0 Å². The molecule has 1 N–H and O–H groups in total. The van der Waals surface area contributed by atoms with E-state index in [1.54, 1.807) is 0 Å². The van der Waals surface area contributed by atoms with Crippen LogP contribution in [0.3, 0.4) is 0 Å². The van der Waals surface area contributed by atoms with Crippen molar-refractivity contribution in [3.05, 3.63) is 65.2 Å². The summed E-state index contributed by atoms with van der Waals surface area (Å²) in [5.41, 5.74) is 3.84. The van der Waals surface area contributed by atoms with E-state index in [1.807, 2.05) is 43.0 Å². The zero-order valence-corrected chi connectivity index (χ0v) is 14.5. The first-order valence-corrected chi connectivity index (χ1v) is 8.89. The number of hydrogen-bond acceptors (Lipinski definition) is 3. The average Bonchev–Trinajstić information content (AvgIpc) is 2.55. The van der Waals surface area contributed by atoms with Crippen LogP contribution in [0.2, 0.25) is 0 Å². The number of carbonyl (C=O) groups is 1. The van der Waals surface area contributed by atoms with Crippen molar-refractivity contribution in [1.82, 2.24) is 5.32 Å². The van der Waals surface area contributed by atoms with E-state index in [0.717, 1.165) is 17.3 Å². The Morgan fingerprint density at radius 1 is 1.09 bits per heavy atom. The SMILES string of the molecule is Cc1ccc(OCC(=O)NCCSCc2ccccc2C)cc1. The minimum atomic E-state index is -0.0814. The van der Waals surface area contributed by atoms with Crippen molar-refractivity contribution in [2.45, 2.75) is 19.6 Å². The molecule has 0 aliphatic rings. The van der Waals surface area contributed by atoms with E-state index >= 15 is 0 Å². The summed E-state index contributed by atoms with van der Waals surface area (Å²) >= 11 is 1.82. The highest BCUT2D eigenvalue weighted by atomic mass is 32.2. The number of thioether (sulfide) groups is 1. The van der Waals surface area contributed by atoms with Gasteiger partial charge in [-0.25, -0.2) is 0 Å². The van der Waals surface area contributed by atoms with Crippen molar-refractivity contribution in [3.63, 3.8) is 0 Å². The molecule has 0 heterocycles. The molecular weight excluding hydrogens is 306 g/mol. The molecule has 0 radical (unpaired) electrons. The lowest BCUT2D eigenvalue weighted by Gasteiger charge is -2.08. The van der Waals surface area contributed by atoms with Crippen LogP contribution in [-0.2, 0) is 10.5 Å². The lowest BCUT2D eigenvalue weighted by molar-refractivity contribution is -0.122. The number of ether oxygens (including phenoxy) is 1. The highest BCUT2D eigenvalue weighted by Gasteiger charge is 2.02. The summed E-state index contributed by atoms with van der Waals surface area (Å²) in [5.74, 6) is 2.51. The highest BCUT2D eigenvalue weighted by molar-refractivity contribution is 7.98. The van der Waals surface area contributed by atoms with Crippen LogP contribution in [0.4, 0.5) is 0 Å². The van der Waals surface area contributed by atoms with Gasteiger partial charge in [-0.1, -0.05) is 42.0 Å². The summed E-state index contributed by atoms with van der Waals surface area (Å²) in [6, 6.07) is 16.1. The van der Waals surface area contributed by atoms with Gasteiger partial charge in [-0.2, -0.15) is 11.8 Å². The van der Waals surface area contributed by atoms with Gasteiger partial charge >= 0.3 is 0 Å². The third kappa shape index (κ3) is 6.37. The molecule has 0 fully saturated rings. The molecule has 2 rings (SSSR count). The first kappa shape index (κ1) is 17.4. The van der Waals surface area contributed by atoms with Crippen LogP contribution in [0.1, 0.15) is 16.7 Å². The molecular formula is C19H23NO2S. The van der Waals surface area contributed by atoms with Crippen LogP contribution in [0, 0.1) is 13.8 Å². The van der Waals surface area contributed by atoms with Crippen molar-refractivity contribution in [2.24, 2.45) is 0 Å². The number of rotatable bonds is 8. The number of nitrogens with one attached hydrogen (secondary N) is 1. The van der Waals surface area contributed by atoms with E-state index < -0.39 is 0 Å². The van der Waals surface area contributed by atoms with Crippen LogP contribution in [0.5, 0.6) is 5.75 Å². The van der Waals surface area contributed by atoms with Crippen molar-refractivity contribution < 1.29 is 9.53 Å². The Balaban J connectivity index is 1.58. The summed E-state index contributed by atoms with van der Waals surface area (Å²) in [4.78, 5) is 11.7. The fourth-order valence-electron chi connectivity index (χ4n) is 2.05. The number of aryl methyl sites for hydroxylation is 2. The summed E-state index contributed by atoms with van der Waals surface area (Å²) in [6.45, 7) is 4.86. The molecule has 0 unspecified atom stereocenters. The molecule has 23 heavy (non-hydrogen) atoms. The monoisotopic (exact) mass is 329 g/mol. The molecule has 0 aliphatic heterocycles. The topological polar surface area (TPSA) is 38.3 Å². The number of hydrogen-bond donors (Lipinski definition) is 1. The second-order valence-corrected chi connectivity index (χ2v) is 6.54. The molecule has 0 bridgehead atoms. The van der Waals surface area contributed by atoms with Gasteiger partial charge in [0.15, 0.2) is 6.61 Å². The first-order valence-electron chi connectivity index (χ1n) is 7.73. The van der Waals surface area contributed by atoms with E-state index in [0.29, 0.717) is 6.54 Å². The molecule has 3 nitrogen and oxygen atoms in total. The van der Waals surface area contributed by atoms with E-state index in [-0.39, 0.29) is 12.5 Å². The quantitative estimate of drug-likeness (QED) is 0.750. The van der Waals surface area contributed by atoms with Crippen LogP contribution in [0.25, 0.3) is 0 Å². The van der Waals surface area contributed by atoms with Gasteiger partial charge in [0.25, 0.3) is 5.91 Å². The van der Waals surface area contributed by atoms with Crippen molar-refractivity contribution >= 4 is 17.7 Å². The number of benzene rings is 2. The predicted molar refractivity (Wildman–Crippen MR) is 97.0 cm³/mol. The third-order valence-electron chi connectivity index (χ3n) is 3.48. The summed E-state index contributed by atoms with van der Waals surface area (Å²) < 4.78 is 5.45. The fraction of sp³-hybridized carbons (Fsp3) is 0.316. The predicted octanol–water partition coefficient (Wildman–Crippen LogP) is 3.73. The molecule has 122 valence electrons. The van der Waals surface area contributed by atoms with E-state index in [9.17, 15) is 4.79 Å². The Kier molecular flexibility index (Phi) is 7.01. The van der Waals surface area contributed by atoms with E-state index in [1.165, 1.54) is 16.7 Å². The lowest BCUT2D eigenvalue weighted by atomic mass is 10.1. The second-order valence-electron chi connectivity index (χ2n) is 5.43. The van der Waals surface area contributed by atoms with Crippen LogP contribution < -0.4 is 10.1 Å². The minimum Gasteiger partial charge on any atom is -0.484 e. The van der Waals surface area contributed by atoms with Gasteiger partial charge in [0.2, 0.25) is 0 Å². The molecule has 2 aromatic rings. The Hall–Kier alpha value is -1.94. The molecule has 0 spiro atoms. The van der Waals surface area contributed by atoms with Crippen molar-refractivity contribution in [2.75, 3.05) is 18.9 Å². The zero-order valence-electron chi connectivity index (χ0n) is 13.7. The Morgan fingerprint density at radius 3 is 2.57 bits per heavy atom. The minimum absolute atomic E-state index is 0.0610. The maximum absolute atomic E-state index is 11.7. The first-order chi connectivity index (χ1) is 11.1. The van der Waals surface area contributed by atoms with Crippen LogP contribution in [0.15, 0.2) is 48.5 Å². The largest absolute Gasteiger partial charge is 0.484 e. The maximum Gasteiger partial charge on any atom is 0.257 e. The zero-order chi connectivity index (χ0) is 16.5. The van der Waals surface area contributed by atoms with E-state index in [4.69, 9.17) is 4.74 Å². The standard InChI is InChI=1S/C19H23NO2S/c1-15-7-9-18(10-8-15)22-13-19(21)20-11-12-23-14-17-6-4-3-5-16(17)2/h3-10H,11-14H2,1-2H3,(H,20,21). The second kappa shape index (κ2) is 9.26. The normalized spacial score (nSPS) is 10.3. The molecule has 4 heteroatoms. The van der Waals surface area contributed by atoms with Crippen LogP contribution >= 0.6 is 11.8 Å². The third-order valence-corrected chi connectivity index (χ3v) is 4.49. The van der Waals surface area contributed by atoms with Crippen molar-refractivity contribution in [3.8, 4) is 5.75 Å². The van der Waals surface area contributed by atoms with Crippen LogP contribution in [-0.4, -0.2) is 24.8 Å². The molecule has 2 aromatic carbocycles. The Morgan fingerprint density at radius 2 is 1.83 bits per heavy atom. The number of carbonyl (C=O) groups excluding carboxylic acids is 1. The summed E-state index contributed by atoms with van der Waals surface area (Å²) in [5, 5.41) is 2.88. The van der Waals surface area contributed by atoms with Gasteiger partial charge in [0, 0.05) is 18.1 Å². The molecule has 0 atom stereocenters. The van der Waals surface area contributed by atoms with Gasteiger partial charge < -0.3 is 10.1 Å². The maximum atomic E-state index is 11.7. The Bertz CT molecular complexity index is 626. The van der Waals surface area contributed by atoms with Gasteiger partial charge in [0.1, 0.15) is 5.75 Å². The smallest absolute Gasteiger partial charge is 0.257 e. The van der Waals surface area contributed by atoms with E-state index in [2.05, 4.69) is 36.5 Å². The molecule has 0 aromatic heterocycles. The fourth-order valence-corrected chi connectivity index (χ4v) is 2.99. The summed E-state index contributed by atoms with van der Waals surface area (Å²) in [6.07, 6.45) is 0. The molecule has 1 amide bonds. The molecule has 0 aliphatic carbocycles. The summed E-state index contributed by atoms with van der Waals surface area (Å²) in [7, 11) is 0.